The zero-order valence-corrected chi connectivity index (χ0v) is 17.0. The molecule has 0 aliphatic carbocycles. The first-order valence-electron chi connectivity index (χ1n) is 7.84. The number of halogens is 1. The number of hydrogen-bond acceptors (Lipinski definition) is 3. The van der Waals surface area contributed by atoms with Crippen LogP contribution in [0.4, 0.5) is 0 Å². The third-order valence-electron chi connectivity index (χ3n) is 3.38. The highest BCUT2D eigenvalue weighted by atomic mass is 127. The van der Waals surface area contributed by atoms with E-state index in [1.165, 1.54) is 0 Å². The minimum atomic E-state index is 0. The van der Waals surface area contributed by atoms with Crippen LogP contribution in [-0.2, 0) is 11.3 Å². The molecular weight excluding hydrogens is 405 g/mol. The van der Waals surface area contributed by atoms with Crippen LogP contribution in [0.15, 0.2) is 29.3 Å². The molecule has 0 saturated carbocycles. The maximum atomic E-state index is 5.39. The summed E-state index contributed by atoms with van der Waals surface area (Å²) in [7, 11) is 5.54. The SMILES string of the molecule is CCOCCCCNC(=NC)N(C)Cc1ccccc1OC.I. The van der Waals surface area contributed by atoms with Crippen LogP contribution >= 0.6 is 24.0 Å². The lowest BCUT2D eigenvalue weighted by atomic mass is 10.2. The van der Waals surface area contributed by atoms with Crippen molar-refractivity contribution < 1.29 is 9.47 Å². The first-order chi connectivity index (χ1) is 10.7. The molecule has 0 aliphatic rings. The van der Waals surface area contributed by atoms with Gasteiger partial charge in [-0.15, -0.1) is 24.0 Å². The quantitative estimate of drug-likeness (QED) is 0.280. The summed E-state index contributed by atoms with van der Waals surface area (Å²) in [4.78, 5) is 6.43. The Labute approximate surface area is 157 Å². The van der Waals surface area contributed by atoms with Gasteiger partial charge in [-0.2, -0.15) is 0 Å². The van der Waals surface area contributed by atoms with Crippen LogP contribution < -0.4 is 10.1 Å². The number of ether oxygens (including phenoxy) is 2. The zero-order valence-electron chi connectivity index (χ0n) is 14.7. The van der Waals surface area contributed by atoms with Crippen LogP contribution in [-0.4, -0.2) is 51.8 Å². The van der Waals surface area contributed by atoms with Gasteiger partial charge in [0, 0.05) is 46.0 Å². The third kappa shape index (κ3) is 8.41. The Morgan fingerprint density at radius 1 is 1.26 bits per heavy atom. The largest absolute Gasteiger partial charge is 0.496 e. The topological polar surface area (TPSA) is 46.1 Å². The molecule has 0 aromatic heterocycles. The smallest absolute Gasteiger partial charge is 0.193 e. The molecular formula is C17H30IN3O2. The van der Waals surface area contributed by atoms with E-state index in [0.29, 0.717) is 0 Å². The average Bonchev–Trinajstić information content (AvgIpc) is 2.54. The van der Waals surface area contributed by atoms with Crippen LogP contribution in [0.25, 0.3) is 0 Å². The number of hydrogen-bond donors (Lipinski definition) is 1. The van der Waals surface area contributed by atoms with Crippen molar-refractivity contribution in [2.45, 2.75) is 26.3 Å². The number of aliphatic imine (C=N–C) groups is 1. The Morgan fingerprint density at radius 3 is 2.65 bits per heavy atom. The van der Waals surface area contributed by atoms with Crippen molar-refractivity contribution >= 4 is 29.9 Å². The molecule has 5 nitrogen and oxygen atoms in total. The van der Waals surface area contributed by atoms with E-state index in [4.69, 9.17) is 9.47 Å². The summed E-state index contributed by atoms with van der Waals surface area (Å²) in [6, 6.07) is 8.06. The molecule has 0 aliphatic heterocycles. The standard InChI is InChI=1S/C17H29N3O2.HI/c1-5-22-13-9-8-12-19-17(18-2)20(3)14-15-10-6-7-11-16(15)21-4;/h6-7,10-11H,5,8-9,12-14H2,1-4H3,(H,18,19);1H. The van der Waals surface area contributed by atoms with Crippen molar-refractivity contribution in [3.8, 4) is 5.75 Å². The summed E-state index contributed by atoms with van der Waals surface area (Å²) in [5, 5.41) is 3.38. The van der Waals surface area contributed by atoms with Gasteiger partial charge in [-0.05, 0) is 25.8 Å². The van der Waals surface area contributed by atoms with Gasteiger partial charge in [-0.25, -0.2) is 0 Å². The van der Waals surface area contributed by atoms with Gasteiger partial charge in [0.15, 0.2) is 5.96 Å². The van der Waals surface area contributed by atoms with Gasteiger partial charge in [-0.3, -0.25) is 4.99 Å². The van der Waals surface area contributed by atoms with Gasteiger partial charge in [-0.1, -0.05) is 18.2 Å². The molecule has 0 amide bonds. The number of para-hydroxylation sites is 1. The summed E-state index contributed by atoms with van der Waals surface area (Å²) in [5.41, 5.74) is 1.15. The summed E-state index contributed by atoms with van der Waals surface area (Å²) in [6.45, 7) is 5.29. The molecule has 1 aromatic carbocycles. The van der Waals surface area contributed by atoms with Crippen molar-refractivity contribution in [1.29, 1.82) is 0 Å². The number of nitrogens with one attached hydrogen (secondary N) is 1. The Kier molecular flexibility index (Phi) is 12.8. The second-order valence-electron chi connectivity index (χ2n) is 5.05. The summed E-state index contributed by atoms with van der Waals surface area (Å²) < 4.78 is 10.7. The minimum absolute atomic E-state index is 0. The fraction of sp³-hybridized carbons (Fsp3) is 0.588. The lowest BCUT2D eigenvalue weighted by Gasteiger charge is -2.23. The first kappa shape index (κ1) is 22.0. The molecule has 0 saturated heterocycles. The van der Waals surface area contributed by atoms with Crippen LogP contribution in [0.2, 0.25) is 0 Å². The average molecular weight is 435 g/mol. The second-order valence-corrected chi connectivity index (χ2v) is 5.05. The molecule has 1 aromatic rings. The predicted molar refractivity (Wildman–Crippen MR) is 107 cm³/mol. The van der Waals surface area contributed by atoms with Crippen LogP contribution in [0, 0.1) is 0 Å². The molecule has 0 bridgehead atoms. The highest BCUT2D eigenvalue weighted by molar-refractivity contribution is 14.0. The number of nitrogens with zero attached hydrogens (tertiary/aromatic N) is 2. The molecule has 6 heteroatoms. The van der Waals surface area contributed by atoms with E-state index in [1.54, 1.807) is 14.2 Å². The molecule has 0 spiro atoms. The van der Waals surface area contributed by atoms with Crippen molar-refractivity contribution in [3.63, 3.8) is 0 Å². The van der Waals surface area contributed by atoms with E-state index >= 15 is 0 Å². The number of methoxy groups -OCH3 is 1. The van der Waals surface area contributed by atoms with Crippen molar-refractivity contribution in [3.05, 3.63) is 29.8 Å². The third-order valence-corrected chi connectivity index (χ3v) is 3.38. The van der Waals surface area contributed by atoms with E-state index in [-0.39, 0.29) is 24.0 Å². The Balaban J connectivity index is 0.00000484. The van der Waals surface area contributed by atoms with E-state index < -0.39 is 0 Å². The first-order valence-corrected chi connectivity index (χ1v) is 7.84. The lowest BCUT2D eigenvalue weighted by molar-refractivity contribution is 0.143. The summed E-state index contributed by atoms with van der Waals surface area (Å²) in [5.74, 6) is 1.80. The van der Waals surface area contributed by atoms with Crippen molar-refractivity contribution in [2.75, 3.05) is 41.0 Å². The van der Waals surface area contributed by atoms with Crippen LogP contribution in [0.5, 0.6) is 5.75 Å². The monoisotopic (exact) mass is 435 g/mol. The molecule has 0 atom stereocenters. The van der Waals surface area contributed by atoms with Crippen LogP contribution in [0.3, 0.4) is 0 Å². The molecule has 0 unspecified atom stereocenters. The summed E-state index contributed by atoms with van der Waals surface area (Å²) >= 11 is 0. The van der Waals surface area contributed by atoms with Gasteiger partial charge in [0.2, 0.25) is 0 Å². The van der Waals surface area contributed by atoms with Crippen LogP contribution in [0.1, 0.15) is 25.3 Å². The van der Waals surface area contributed by atoms with E-state index in [2.05, 4.69) is 21.3 Å². The highest BCUT2D eigenvalue weighted by Crippen LogP contribution is 2.18. The van der Waals surface area contributed by atoms with Gasteiger partial charge in [0.05, 0.1) is 7.11 Å². The fourth-order valence-corrected chi connectivity index (χ4v) is 2.22. The predicted octanol–water partition coefficient (Wildman–Crippen LogP) is 3.14. The van der Waals surface area contributed by atoms with E-state index in [1.807, 2.05) is 32.2 Å². The molecule has 0 radical (unpaired) electrons. The second kappa shape index (κ2) is 13.4. The van der Waals surface area contributed by atoms with Gasteiger partial charge < -0.3 is 19.7 Å². The van der Waals surface area contributed by atoms with Gasteiger partial charge in [0.25, 0.3) is 0 Å². The zero-order chi connectivity index (χ0) is 16.2. The maximum Gasteiger partial charge on any atom is 0.193 e. The van der Waals surface area contributed by atoms with Gasteiger partial charge >= 0.3 is 0 Å². The Bertz CT molecular complexity index is 455. The molecule has 0 heterocycles. The lowest BCUT2D eigenvalue weighted by Crippen LogP contribution is -2.39. The molecule has 1 N–H and O–H groups in total. The van der Waals surface area contributed by atoms with Gasteiger partial charge in [0.1, 0.15) is 5.75 Å². The number of rotatable bonds is 9. The molecule has 132 valence electrons. The molecule has 23 heavy (non-hydrogen) atoms. The molecule has 1 rings (SSSR count). The number of guanidine groups is 1. The highest BCUT2D eigenvalue weighted by Gasteiger charge is 2.09. The van der Waals surface area contributed by atoms with Crippen molar-refractivity contribution in [2.24, 2.45) is 4.99 Å². The Morgan fingerprint density at radius 2 is 2.00 bits per heavy atom. The fourth-order valence-electron chi connectivity index (χ4n) is 2.22. The number of unbranched alkanes of at least 4 members (excludes halogenated alkanes) is 1. The summed E-state index contributed by atoms with van der Waals surface area (Å²) in [6.07, 6.45) is 2.13. The maximum absolute atomic E-state index is 5.39. The Hall–Kier alpha value is -1.02. The number of benzene rings is 1. The van der Waals surface area contributed by atoms with Crippen molar-refractivity contribution in [1.82, 2.24) is 10.2 Å². The normalized spacial score (nSPS) is 10.9. The minimum Gasteiger partial charge on any atom is -0.496 e. The van der Waals surface area contributed by atoms with E-state index in [0.717, 1.165) is 56.4 Å². The van der Waals surface area contributed by atoms with E-state index in [9.17, 15) is 0 Å². The molecule has 0 fully saturated rings.